The minimum atomic E-state index is -4.69. The topological polar surface area (TPSA) is 136 Å². The third kappa shape index (κ3) is 7.60. The number of nitrogens with one attached hydrogen (secondary N) is 2. The van der Waals surface area contributed by atoms with Crippen LogP contribution in [0.3, 0.4) is 0 Å². The van der Waals surface area contributed by atoms with Crippen molar-refractivity contribution in [1.82, 2.24) is 34.1 Å². The first kappa shape index (κ1) is 39.3. The molecule has 3 unspecified atom stereocenters. The number of aryl methyl sites for hydroxylation is 1. The van der Waals surface area contributed by atoms with Crippen molar-refractivity contribution in [2.75, 3.05) is 18.4 Å². The van der Waals surface area contributed by atoms with Crippen LogP contribution in [0.15, 0.2) is 65.6 Å². The number of alkyl halides is 6. The molecule has 2 aromatic carbocycles. The summed E-state index contributed by atoms with van der Waals surface area (Å²) in [5.74, 6) is -2.22. The van der Waals surface area contributed by atoms with Crippen LogP contribution in [0.2, 0.25) is 0 Å². The van der Waals surface area contributed by atoms with E-state index in [4.69, 9.17) is 5.10 Å². The Morgan fingerprint density at radius 2 is 1.69 bits per heavy atom. The zero-order valence-electron chi connectivity index (χ0n) is 31.3. The van der Waals surface area contributed by atoms with E-state index in [1.54, 1.807) is 48.3 Å². The summed E-state index contributed by atoms with van der Waals surface area (Å²) in [4.78, 5) is 55.6. The molecular weight excluding hydrogens is 770 g/mol. The zero-order chi connectivity index (χ0) is 41.1. The third-order valence-corrected chi connectivity index (χ3v) is 11.9. The van der Waals surface area contributed by atoms with Crippen LogP contribution in [-0.2, 0) is 22.8 Å². The molecule has 0 radical (unpaired) electrons. The van der Waals surface area contributed by atoms with Crippen molar-refractivity contribution >= 4 is 45.3 Å². The standard InChI is InChI=1S/C40H40F6N8O4/c1-51-35-27(4-2-6-30(35)54(38(51)58)31-14-15-34(55)49-37(31)57)23-16-17-52(33(19-23)40(44,45)46)20-22-8-11-26(12-9-22)53-21-24-18-25(10-13-28(24)50-53)47-36(56)29-5-3-7-32(48-29)39(41,42)43/h2-7,10,13,18,21-23,26,31,33H,8-9,11-12,14-17,19-20H2,1H3,(H,47,56)(H,49,55,57). The van der Waals surface area contributed by atoms with E-state index in [2.05, 4.69) is 15.6 Å². The van der Waals surface area contributed by atoms with Crippen molar-refractivity contribution in [3.63, 3.8) is 0 Å². The van der Waals surface area contributed by atoms with E-state index in [9.17, 15) is 45.5 Å². The highest BCUT2D eigenvalue weighted by Gasteiger charge is 2.48. The maximum Gasteiger partial charge on any atom is 0.433 e. The Morgan fingerprint density at radius 3 is 2.41 bits per heavy atom. The zero-order valence-corrected chi connectivity index (χ0v) is 31.3. The lowest BCUT2D eigenvalue weighted by molar-refractivity contribution is -0.194. The number of carbonyl (C=O) groups excluding carboxylic acids is 3. The number of para-hydroxylation sites is 1. The van der Waals surface area contributed by atoms with E-state index in [0.717, 1.165) is 12.1 Å². The van der Waals surface area contributed by atoms with Gasteiger partial charge in [0, 0.05) is 37.3 Å². The molecular formula is C40H40F6N8O4. The molecule has 2 aliphatic heterocycles. The van der Waals surface area contributed by atoms with Crippen molar-refractivity contribution in [2.45, 2.75) is 87.8 Å². The van der Waals surface area contributed by atoms with Crippen LogP contribution < -0.4 is 16.3 Å². The van der Waals surface area contributed by atoms with Crippen LogP contribution in [0, 0.1) is 5.92 Å². The first-order chi connectivity index (χ1) is 27.5. The number of piperidine rings is 2. The number of fused-ring (bicyclic) bond motifs is 2. The van der Waals surface area contributed by atoms with Gasteiger partial charge in [-0.2, -0.15) is 31.4 Å². The second-order valence-electron chi connectivity index (χ2n) is 15.6. The maximum atomic E-state index is 14.8. The lowest BCUT2D eigenvalue weighted by Gasteiger charge is -2.43. The molecule has 1 saturated carbocycles. The average Bonchev–Trinajstić information content (AvgIpc) is 3.72. The molecule has 5 aromatic rings. The number of carbonyl (C=O) groups is 3. The Labute approximate surface area is 327 Å². The second kappa shape index (κ2) is 15.0. The maximum absolute atomic E-state index is 14.8. The van der Waals surface area contributed by atoms with Crippen molar-refractivity contribution in [3.05, 3.63) is 88.2 Å². The van der Waals surface area contributed by atoms with Gasteiger partial charge in [-0.3, -0.25) is 38.4 Å². The van der Waals surface area contributed by atoms with E-state index >= 15 is 0 Å². The predicted molar refractivity (Wildman–Crippen MR) is 200 cm³/mol. The summed E-state index contributed by atoms with van der Waals surface area (Å²) >= 11 is 0. The SMILES string of the molecule is Cn1c(=O)n(C2CCC(=O)NC2=O)c2cccc(C3CCN(CC4CCC(n5cc6cc(NC(=O)c7cccc(C(F)(F)F)n7)ccc6n5)CC4)C(C(F)(F)F)C3)c21. The fourth-order valence-electron chi connectivity index (χ4n) is 9.03. The van der Waals surface area contributed by atoms with Gasteiger partial charge >= 0.3 is 18.0 Å². The molecule has 8 rings (SSSR count). The molecule has 58 heavy (non-hydrogen) atoms. The third-order valence-electron chi connectivity index (χ3n) is 11.9. The molecule has 3 fully saturated rings. The molecule has 3 aromatic heterocycles. The summed E-state index contributed by atoms with van der Waals surface area (Å²) in [6, 6.07) is 10.7. The number of anilines is 1. The summed E-state index contributed by atoms with van der Waals surface area (Å²) in [7, 11) is 1.55. The van der Waals surface area contributed by atoms with Gasteiger partial charge in [-0.25, -0.2) is 9.78 Å². The number of aromatic nitrogens is 5. The number of benzene rings is 2. The van der Waals surface area contributed by atoms with Gasteiger partial charge < -0.3 is 5.32 Å². The Kier molecular flexibility index (Phi) is 10.2. The van der Waals surface area contributed by atoms with Crippen molar-refractivity contribution in [3.8, 4) is 0 Å². The molecule has 3 aliphatic rings. The molecule has 3 amide bonds. The van der Waals surface area contributed by atoms with E-state index in [-0.39, 0.29) is 43.5 Å². The quantitative estimate of drug-likeness (QED) is 0.135. The highest BCUT2D eigenvalue weighted by atomic mass is 19.4. The molecule has 18 heteroatoms. The summed E-state index contributed by atoms with van der Waals surface area (Å²) in [6.45, 7) is 0.517. The van der Waals surface area contributed by atoms with E-state index in [1.165, 1.54) is 15.2 Å². The number of likely N-dealkylation sites (tertiary alicyclic amines) is 1. The second-order valence-corrected chi connectivity index (χ2v) is 15.6. The van der Waals surface area contributed by atoms with E-state index < -0.39 is 59.5 Å². The van der Waals surface area contributed by atoms with Crippen LogP contribution in [0.5, 0.6) is 0 Å². The van der Waals surface area contributed by atoms with Crippen molar-refractivity contribution < 1.29 is 40.7 Å². The lowest BCUT2D eigenvalue weighted by atomic mass is 9.82. The molecule has 0 bridgehead atoms. The number of hydrogen-bond acceptors (Lipinski definition) is 7. The summed E-state index contributed by atoms with van der Waals surface area (Å²) in [5, 5.41) is 10.3. The minimum Gasteiger partial charge on any atom is -0.321 e. The fourth-order valence-corrected chi connectivity index (χ4v) is 9.03. The van der Waals surface area contributed by atoms with Crippen LogP contribution in [0.1, 0.15) is 91.1 Å². The number of halogens is 6. The molecule has 0 spiro atoms. The first-order valence-electron chi connectivity index (χ1n) is 19.2. The van der Waals surface area contributed by atoms with Crippen molar-refractivity contribution in [2.24, 2.45) is 13.0 Å². The number of amides is 3. The van der Waals surface area contributed by atoms with Gasteiger partial charge in [-0.05, 0) is 105 Å². The monoisotopic (exact) mass is 810 g/mol. The summed E-state index contributed by atoms with van der Waals surface area (Å²) in [6.07, 6.45) is -4.01. The van der Waals surface area contributed by atoms with Crippen LogP contribution >= 0.6 is 0 Å². The average molecular weight is 811 g/mol. The number of hydrogen-bond donors (Lipinski definition) is 2. The van der Waals surface area contributed by atoms with Crippen molar-refractivity contribution in [1.29, 1.82) is 0 Å². The molecule has 2 N–H and O–H groups in total. The summed E-state index contributed by atoms with van der Waals surface area (Å²) in [5.41, 5.74) is 0.568. The van der Waals surface area contributed by atoms with Gasteiger partial charge in [-0.1, -0.05) is 18.2 Å². The Morgan fingerprint density at radius 1 is 0.931 bits per heavy atom. The number of nitrogens with zero attached hydrogens (tertiary/aromatic N) is 6. The van der Waals surface area contributed by atoms with Gasteiger partial charge in [0.05, 0.1) is 22.6 Å². The number of rotatable bonds is 7. The van der Waals surface area contributed by atoms with Gasteiger partial charge in [0.25, 0.3) is 5.91 Å². The number of pyridine rings is 1. The van der Waals surface area contributed by atoms with E-state index in [1.807, 2.05) is 10.9 Å². The van der Waals surface area contributed by atoms with Crippen LogP contribution in [0.25, 0.3) is 21.9 Å². The molecule has 1 aliphatic carbocycles. The first-order valence-corrected chi connectivity index (χ1v) is 19.2. The highest BCUT2D eigenvalue weighted by Crippen LogP contribution is 2.43. The predicted octanol–water partition coefficient (Wildman–Crippen LogP) is 6.88. The summed E-state index contributed by atoms with van der Waals surface area (Å²) < 4.78 is 88.2. The number of imidazole rings is 1. The Balaban J connectivity index is 0.916. The molecule has 3 atom stereocenters. The number of imide groups is 1. The molecule has 5 heterocycles. The highest BCUT2D eigenvalue weighted by molar-refractivity contribution is 6.04. The minimum absolute atomic E-state index is 0.0137. The lowest BCUT2D eigenvalue weighted by Crippen LogP contribution is -2.52. The van der Waals surface area contributed by atoms with E-state index in [0.29, 0.717) is 71.8 Å². The van der Waals surface area contributed by atoms with Gasteiger partial charge in [0.1, 0.15) is 23.5 Å². The largest absolute Gasteiger partial charge is 0.433 e. The van der Waals surface area contributed by atoms with Gasteiger partial charge in [0.15, 0.2) is 0 Å². The van der Waals surface area contributed by atoms with Gasteiger partial charge in [-0.15, -0.1) is 0 Å². The normalized spacial score (nSPS) is 23.7. The Hall–Kier alpha value is -5.52. The van der Waals surface area contributed by atoms with Gasteiger partial charge in [0.2, 0.25) is 11.8 Å². The Bertz CT molecular complexity index is 2460. The van der Waals surface area contributed by atoms with Crippen LogP contribution in [-0.4, -0.2) is 71.8 Å². The molecule has 306 valence electrons. The smallest absolute Gasteiger partial charge is 0.321 e. The van der Waals surface area contributed by atoms with Crippen LogP contribution in [0.4, 0.5) is 32.0 Å². The fraction of sp³-hybridized carbons (Fsp3) is 0.450. The molecule has 12 nitrogen and oxygen atoms in total. The molecule has 2 saturated heterocycles.